The SMILES string of the molecule is CCC(C)[C@H](NC(=O)[C@@H]1Cc2ccc(O)c(c2)CC=CCCCCCCC(=O)N[C@@H](CCCCN)C(=O)N2CCC[C@H]2C(=O)N1)C(=O)CC(CC(C)C)C(C)=O. The summed E-state index contributed by atoms with van der Waals surface area (Å²) < 4.78 is 0. The van der Waals surface area contributed by atoms with Crippen LogP contribution in [-0.4, -0.2) is 82.5 Å². The van der Waals surface area contributed by atoms with Crippen molar-refractivity contribution in [3.8, 4) is 5.75 Å². The van der Waals surface area contributed by atoms with Gasteiger partial charge in [-0.2, -0.15) is 0 Å². The van der Waals surface area contributed by atoms with Crippen molar-refractivity contribution < 1.29 is 33.9 Å². The fourth-order valence-electron chi connectivity index (χ4n) is 7.75. The first-order valence-corrected chi connectivity index (χ1v) is 21.1. The molecule has 1 saturated heterocycles. The van der Waals surface area contributed by atoms with Gasteiger partial charge in [0.15, 0.2) is 5.78 Å². The van der Waals surface area contributed by atoms with Crippen LogP contribution in [0.2, 0.25) is 0 Å². The van der Waals surface area contributed by atoms with Crippen molar-refractivity contribution in [2.75, 3.05) is 13.1 Å². The van der Waals surface area contributed by atoms with Crippen LogP contribution in [0.1, 0.15) is 136 Å². The molecule has 1 aromatic carbocycles. The predicted molar refractivity (Wildman–Crippen MR) is 218 cm³/mol. The highest BCUT2D eigenvalue weighted by Gasteiger charge is 2.39. The number of hydrogen-bond acceptors (Lipinski definition) is 8. The van der Waals surface area contributed by atoms with E-state index < -0.39 is 41.9 Å². The molecule has 0 aromatic heterocycles. The number of carbonyl (C=O) groups excluding carboxylic acids is 6. The standard InChI is InChI=1S/C44H69N5O7/c1-6-30(4)41(39(52)28-34(31(5)50)25-29(2)3)48-42(54)36-27-32-21-22-38(51)33(26-32)17-12-10-8-7-9-11-13-20-40(53)46-35(18-14-15-23-45)44(56)49-24-16-19-37(49)43(55)47-36/h10,12,21-22,26,29-30,34-37,41,51H,6-9,11,13-20,23-25,27-28,45H2,1-5H3,(H,46,53)(H,47,55)(H,48,54)/t30?,34?,35-,36-,37-,41-/m0/s1. The lowest BCUT2D eigenvalue weighted by Gasteiger charge is -2.31. The van der Waals surface area contributed by atoms with Crippen LogP contribution in [0.15, 0.2) is 30.4 Å². The van der Waals surface area contributed by atoms with E-state index in [1.807, 2.05) is 39.8 Å². The zero-order valence-electron chi connectivity index (χ0n) is 34.6. The fourth-order valence-corrected chi connectivity index (χ4v) is 7.75. The highest BCUT2D eigenvalue weighted by Crippen LogP contribution is 2.24. The molecule has 12 heteroatoms. The largest absolute Gasteiger partial charge is 0.508 e. The summed E-state index contributed by atoms with van der Waals surface area (Å²) in [5.41, 5.74) is 7.12. The van der Waals surface area contributed by atoms with Crippen molar-refractivity contribution in [3.63, 3.8) is 0 Å². The minimum absolute atomic E-state index is 0.0107. The van der Waals surface area contributed by atoms with Gasteiger partial charge in [0, 0.05) is 31.7 Å². The number of nitrogens with one attached hydrogen (secondary N) is 3. The van der Waals surface area contributed by atoms with Gasteiger partial charge in [0.1, 0.15) is 29.7 Å². The molecule has 1 fully saturated rings. The lowest BCUT2D eigenvalue weighted by molar-refractivity contribution is -0.142. The number of rotatable bonds is 14. The molecule has 0 radical (unpaired) electrons. The van der Waals surface area contributed by atoms with Crippen LogP contribution >= 0.6 is 0 Å². The molecule has 1 aromatic rings. The number of unbranched alkanes of at least 4 members (excludes halogenated alkanes) is 1. The van der Waals surface area contributed by atoms with Crippen LogP contribution in [0.3, 0.4) is 0 Å². The number of amides is 4. The fraction of sp³-hybridized carbons (Fsp3) is 0.682. The molecule has 12 nitrogen and oxygen atoms in total. The van der Waals surface area contributed by atoms with Crippen molar-refractivity contribution in [2.24, 2.45) is 23.5 Å². The third-order valence-corrected chi connectivity index (χ3v) is 11.3. The van der Waals surface area contributed by atoms with Crippen LogP contribution in [0.5, 0.6) is 5.75 Å². The van der Waals surface area contributed by atoms with Gasteiger partial charge in [-0.05, 0) is 107 Å². The summed E-state index contributed by atoms with van der Waals surface area (Å²) in [4.78, 5) is 83.6. The number of carbonyl (C=O) groups is 6. The number of ketones is 2. The zero-order chi connectivity index (χ0) is 41.2. The van der Waals surface area contributed by atoms with E-state index in [0.29, 0.717) is 88.4 Å². The monoisotopic (exact) mass is 780 g/mol. The molecule has 0 saturated carbocycles. The molecular formula is C44H69N5O7. The van der Waals surface area contributed by atoms with Crippen molar-refractivity contribution in [1.82, 2.24) is 20.9 Å². The number of fused-ring (bicyclic) bond motifs is 3. The Bertz CT molecular complexity index is 1510. The van der Waals surface area contributed by atoms with E-state index in [0.717, 1.165) is 25.7 Å². The molecular weight excluding hydrogens is 711 g/mol. The van der Waals surface area contributed by atoms with Crippen molar-refractivity contribution in [3.05, 3.63) is 41.5 Å². The molecule has 312 valence electrons. The molecule has 0 aliphatic carbocycles. The molecule has 2 aliphatic rings. The number of phenolic OH excluding ortho intramolecular Hbond substituents is 1. The summed E-state index contributed by atoms with van der Waals surface area (Å²) in [7, 11) is 0. The van der Waals surface area contributed by atoms with Gasteiger partial charge in [-0.25, -0.2) is 0 Å². The van der Waals surface area contributed by atoms with Gasteiger partial charge in [0.05, 0.1) is 6.04 Å². The smallest absolute Gasteiger partial charge is 0.245 e. The first kappa shape index (κ1) is 46.3. The number of benzene rings is 1. The van der Waals surface area contributed by atoms with Gasteiger partial charge in [-0.15, -0.1) is 0 Å². The van der Waals surface area contributed by atoms with Crippen LogP contribution in [0.25, 0.3) is 0 Å². The Morgan fingerprint density at radius 3 is 2.45 bits per heavy atom. The number of nitrogens with zero attached hydrogens (tertiary/aromatic N) is 1. The molecule has 6 atom stereocenters. The van der Waals surface area contributed by atoms with E-state index in [2.05, 4.69) is 22.0 Å². The minimum Gasteiger partial charge on any atom is -0.508 e. The number of allylic oxidation sites excluding steroid dienone is 2. The summed E-state index contributed by atoms with van der Waals surface area (Å²) in [5.74, 6) is -2.21. The topological polar surface area (TPSA) is 188 Å². The van der Waals surface area contributed by atoms with Gasteiger partial charge in [0.25, 0.3) is 0 Å². The Hall–Kier alpha value is -4.06. The molecule has 2 heterocycles. The van der Waals surface area contributed by atoms with E-state index in [1.54, 1.807) is 12.1 Å². The number of aromatic hydroxyl groups is 1. The van der Waals surface area contributed by atoms with Crippen LogP contribution in [0, 0.1) is 17.8 Å². The van der Waals surface area contributed by atoms with E-state index in [-0.39, 0.29) is 53.8 Å². The molecule has 3 rings (SSSR count). The van der Waals surface area contributed by atoms with Crippen molar-refractivity contribution in [2.45, 2.75) is 162 Å². The maximum Gasteiger partial charge on any atom is 0.245 e. The molecule has 56 heavy (non-hydrogen) atoms. The zero-order valence-corrected chi connectivity index (χ0v) is 34.6. The second-order valence-corrected chi connectivity index (χ2v) is 16.4. The van der Waals surface area contributed by atoms with Gasteiger partial charge in [-0.3, -0.25) is 28.8 Å². The Balaban J connectivity index is 1.98. The van der Waals surface area contributed by atoms with Crippen LogP contribution < -0.4 is 21.7 Å². The minimum atomic E-state index is -1.12. The first-order chi connectivity index (χ1) is 26.7. The maximum absolute atomic E-state index is 14.3. The van der Waals surface area contributed by atoms with E-state index >= 15 is 0 Å². The van der Waals surface area contributed by atoms with E-state index in [1.165, 1.54) is 11.8 Å². The second-order valence-electron chi connectivity index (χ2n) is 16.4. The lowest BCUT2D eigenvalue weighted by atomic mass is 9.85. The average Bonchev–Trinajstić information content (AvgIpc) is 3.65. The lowest BCUT2D eigenvalue weighted by Crippen LogP contribution is -2.58. The first-order valence-electron chi connectivity index (χ1n) is 21.1. The van der Waals surface area contributed by atoms with Crippen LogP contribution in [0.4, 0.5) is 0 Å². The van der Waals surface area contributed by atoms with Gasteiger partial charge in [-0.1, -0.05) is 71.2 Å². The normalized spacial score (nSPS) is 22.2. The molecule has 0 spiro atoms. The summed E-state index contributed by atoms with van der Waals surface area (Å²) in [6.07, 6.45) is 13.2. The van der Waals surface area contributed by atoms with Crippen molar-refractivity contribution >= 4 is 35.2 Å². The predicted octanol–water partition coefficient (Wildman–Crippen LogP) is 5.22. The number of nitrogens with two attached hydrogens (primary N) is 1. The van der Waals surface area contributed by atoms with Crippen molar-refractivity contribution in [1.29, 1.82) is 0 Å². The quantitative estimate of drug-likeness (QED) is 0.126. The molecule has 6 N–H and O–H groups in total. The van der Waals surface area contributed by atoms with Crippen LogP contribution in [-0.2, 0) is 41.6 Å². The van der Waals surface area contributed by atoms with E-state index in [4.69, 9.17) is 5.73 Å². The highest BCUT2D eigenvalue weighted by atomic mass is 16.3. The Morgan fingerprint density at radius 1 is 1.00 bits per heavy atom. The van der Waals surface area contributed by atoms with Gasteiger partial charge in [0.2, 0.25) is 23.6 Å². The highest BCUT2D eigenvalue weighted by molar-refractivity contribution is 5.97. The summed E-state index contributed by atoms with van der Waals surface area (Å²) >= 11 is 0. The molecule has 2 unspecified atom stereocenters. The third-order valence-electron chi connectivity index (χ3n) is 11.3. The third kappa shape index (κ3) is 14.8. The Morgan fingerprint density at radius 2 is 1.75 bits per heavy atom. The summed E-state index contributed by atoms with van der Waals surface area (Å²) in [5, 5.41) is 19.6. The molecule has 2 bridgehead atoms. The van der Waals surface area contributed by atoms with Gasteiger partial charge >= 0.3 is 0 Å². The average molecular weight is 780 g/mol. The Kier molecular flexibility index (Phi) is 19.8. The number of phenols is 1. The number of hydrogen-bond donors (Lipinski definition) is 5. The Labute approximate surface area is 334 Å². The second kappa shape index (κ2) is 23.9. The number of Topliss-reactive ketones (excluding diaryl/α,β-unsaturated/α-hetero) is 2. The van der Waals surface area contributed by atoms with E-state index in [9.17, 15) is 33.9 Å². The van der Waals surface area contributed by atoms with Gasteiger partial charge < -0.3 is 31.7 Å². The molecule has 4 amide bonds. The summed E-state index contributed by atoms with van der Waals surface area (Å²) in [6.45, 7) is 10.1. The maximum atomic E-state index is 14.3. The molecule has 2 aliphatic heterocycles. The summed E-state index contributed by atoms with van der Waals surface area (Å²) in [6, 6.07) is 1.49.